The maximum absolute atomic E-state index is 11.4. The van der Waals surface area contributed by atoms with Crippen LogP contribution in [0.5, 0.6) is 0 Å². The molecule has 5 atom stereocenters. The summed E-state index contributed by atoms with van der Waals surface area (Å²) in [6.07, 6.45) is 32.6. The first-order valence-electron chi connectivity index (χ1n) is 23.3. The zero-order valence-electron chi connectivity index (χ0n) is 37.3. The van der Waals surface area contributed by atoms with Gasteiger partial charge in [-0.1, -0.05) is 194 Å². The Kier molecular flexibility index (Phi) is 46.9. The molecule has 0 aromatic rings. The van der Waals surface area contributed by atoms with Gasteiger partial charge < -0.3 is 46.0 Å². The van der Waals surface area contributed by atoms with Gasteiger partial charge in [-0.2, -0.15) is 0 Å². The Balaban J connectivity index is -0.000000784. The van der Waals surface area contributed by atoms with Crippen LogP contribution in [0.25, 0.3) is 0 Å². The molecule has 58 heavy (non-hydrogen) atoms. The van der Waals surface area contributed by atoms with Crippen LogP contribution in [-0.4, -0.2) is 107 Å². The summed E-state index contributed by atoms with van der Waals surface area (Å²) in [6, 6.07) is 0. The molecule has 0 bridgehead atoms. The molecule has 0 spiro atoms. The molecule has 1 unspecified atom stereocenters. The van der Waals surface area contributed by atoms with Crippen molar-refractivity contribution in [2.24, 2.45) is 0 Å². The highest BCUT2D eigenvalue weighted by molar-refractivity contribution is 5.84. The summed E-state index contributed by atoms with van der Waals surface area (Å²) < 4.78 is 0. The van der Waals surface area contributed by atoms with Crippen molar-refractivity contribution >= 4 is 17.7 Å². The van der Waals surface area contributed by atoms with Gasteiger partial charge in [0.15, 0.2) is 5.78 Å². The lowest BCUT2D eigenvalue weighted by molar-refractivity contribution is -0.181. The van der Waals surface area contributed by atoms with E-state index < -0.39 is 67.4 Å². The zero-order chi connectivity index (χ0) is 44.3. The highest BCUT2D eigenvalue weighted by atomic mass is 16.4. The summed E-state index contributed by atoms with van der Waals surface area (Å²) in [6.45, 7) is 3.89. The average molecular weight is 837 g/mol. The van der Waals surface area contributed by atoms with E-state index in [1.165, 1.54) is 167 Å². The fourth-order valence-electron chi connectivity index (χ4n) is 6.68. The second kappa shape index (κ2) is 44.9. The number of unbranched alkanes of at least 4 members (excludes halogenated alkanes) is 28. The van der Waals surface area contributed by atoms with Crippen LogP contribution in [0.3, 0.4) is 0 Å². The van der Waals surface area contributed by atoms with E-state index in [1.807, 2.05) is 0 Å². The molecule has 0 aromatic carbocycles. The third-order valence-corrected chi connectivity index (χ3v) is 10.6. The number of aliphatic hydroxyl groups excluding tert-OH is 6. The number of carbonyl (C=O) groups excluding carboxylic acids is 1. The van der Waals surface area contributed by atoms with Crippen molar-refractivity contribution in [1.82, 2.24) is 0 Å². The molecule has 0 saturated carbocycles. The summed E-state index contributed by atoms with van der Waals surface area (Å²) in [7, 11) is 0. The molecule has 0 aliphatic rings. The topological polar surface area (TPSA) is 233 Å². The van der Waals surface area contributed by atoms with Crippen LogP contribution in [0.15, 0.2) is 0 Å². The molecule has 12 nitrogen and oxygen atoms in total. The fourth-order valence-corrected chi connectivity index (χ4v) is 6.68. The highest BCUT2D eigenvalue weighted by Crippen LogP contribution is 2.21. The molecule has 0 aromatic heterocycles. The number of carbonyl (C=O) groups is 3. The van der Waals surface area contributed by atoms with E-state index in [9.17, 15) is 29.7 Å². The molecule has 0 rings (SSSR count). The van der Waals surface area contributed by atoms with Gasteiger partial charge in [-0.15, -0.1) is 0 Å². The second-order valence-electron chi connectivity index (χ2n) is 16.5. The fraction of sp³-hybridized carbons (Fsp3) is 0.935. The van der Waals surface area contributed by atoms with Gasteiger partial charge in [-0.25, -0.2) is 0 Å². The number of hydrogen-bond donors (Lipinski definition) is 9. The lowest BCUT2D eigenvalue weighted by Crippen LogP contribution is -2.58. The molecule has 12 heteroatoms. The van der Waals surface area contributed by atoms with Crippen molar-refractivity contribution in [3.8, 4) is 0 Å². The molecular formula is C46H92O12. The molecule has 0 saturated heterocycles. The molecule has 0 fully saturated rings. The van der Waals surface area contributed by atoms with Gasteiger partial charge in [-0.05, 0) is 19.8 Å². The SMILES string of the molecule is CCCCCCCCCCCCCCCCCC(=O)O.CCCCCCCCCCCCCCCCCC(=O)O.C[C@](O)([C@H](O)[C@H](O)CO)[C@@H](O)C(=O)CC(O)CO. The number of carboxylic acids is 2. The summed E-state index contributed by atoms with van der Waals surface area (Å²) in [5.74, 6) is -2.31. The minimum atomic E-state index is -2.39. The number of aliphatic hydroxyl groups is 7. The first-order chi connectivity index (χ1) is 27.7. The van der Waals surface area contributed by atoms with E-state index in [2.05, 4.69) is 13.8 Å². The zero-order valence-corrected chi connectivity index (χ0v) is 37.3. The maximum atomic E-state index is 11.4. The van der Waals surface area contributed by atoms with Crippen molar-refractivity contribution in [1.29, 1.82) is 0 Å². The van der Waals surface area contributed by atoms with E-state index in [0.717, 1.165) is 32.6 Å². The molecule has 348 valence electrons. The van der Waals surface area contributed by atoms with Crippen LogP contribution in [0.1, 0.15) is 233 Å². The van der Waals surface area contributed by atoms with Crippen LogP contribution < -0.4 is 0 Å². The van der Waals surface area contributed by atoms with Crippen molar-refractivity contribution in [2.75, 3.05) is 13.2 Å². The molecule has 0 heterocycles. The quantitative estimate of drug-likeness (QED) is 0.0264. The predicted molar refractivity (Wildman–Crippen MR) is 233 cm³/mol. The van der Waals surface area contributed by atoms with Gasteiger partial charge >= 0.3 is 11.9 Å². The highest BCUT2D eigenvalue weighted by Gasteiger charge is 2.45. The van der Waals surface area contributed by atoms with Gasteiger partial charge in [0.05, 0.1) is 19.3 Å². The minimum Gasteiger partial charge on any atom is -0.481 e. The van der Waals surface area contributed by atoms with Crippen LogP contribution in [0.4, 0.5) is 0 Å². The molecule has 9 N–H and O–H groups in total. The Bertz CT molecular complexity index is 856. The van der Waals surface area contributed by atoms with Crippen LogP contribution in [0, 0.1) is 0 Å². The van der Waals surface area contributed by atoms with Crippen LogP contribution >= 0.6 is 0 Å². The molecule has 0 amide bonds. The molecule has 0 aliphatic heterocycles. The van der Waals surface area contributed by atoms with Crippen molar-refractivity contribution in [3.05, 3.63) is 0 Å². The van der Waals surface area contributed by atoms with Gasteiger partial charge in [-0.3, -0.25) is 14.4 Å². The first kappa shape index (κ1) is 60.6. The first-order valence-corrected chi connectivity index (χ1v) is 23.3. The van der Waals surface area contributed by atoms with E-state index in [0.29, 0.717) is 12.8 Å². The summed E-state index contributed by atoms with van der Waals surface area (Å²) in [4.78, 5) is 32.1. The molecule has 0 radical (unpaired) electrons. The third-order valence-electron chi connectivity index (χ3n) is 10.6. The van der Waals surface area contributed by atoms with Gasteiger partial charge in [0.1, 0.15) is 23.9 Å². The predicted octanol–water partition coefficient (Wildman–Crippen LogP) is 8.79. The Morgan fingerprint density at radius 1 is 0.448 bits per heavy atom. The summed E-state index contributed by atoms with van der Waals surface area (Å²) in [5, 5.41) is 81.2. The number of ketones is 1. The number of rotatable bonds is 40. The van der Waals surface area contributed by atoms with Gasteiger partial charge in [0.25, 0.3) is 0 Å². The van der Waals surface area contributed by atoms with Gasteiger partial charge in [0.2, 0.25) is 0 Å². The van der Waals surface area contributed by atoms with Crippen molar-refractivity contribution in [3.63, 3.8) is 0 Å². The Morgan fingerprint density at radius 2 is 0.707 bits per heavy atom. The smallest absolute Gasteiger partial charge is 0.303 e. The van der Waals surface area contributed by atoms with E-state index in [1.54, 1.807) is 0 Å². The Hall–Kier alpha value is -1.67. The van der Waals surface area contributed by atoms with E-state index >= 15 is 0 Å². The second-order valence-corrected chi connectivity index (χ2v) is 16.5. The standard InChI is InChI=1S/2C18H36O2.C10H20O8/c2*1-2-3-4-5-6-7-8-9-10-11-12-13-14-15-16-17-18(19)20;1-10(18,9(17)7(15)4-12)8(16)6(14)2-5(13)3-11/h2*2-17H2,1H3,(H,19,20);5,7-9,11-13,15-18H,2-4H2,1H3/t;;5?,7-,8+,9-,10-/m..1/s1. The van der Waals surface area contributed by atoms with Crippen molar-refractivity contribution in [2.45, 2.75) is 263 Å². The van der Waals surface area contributed by atoms with E-state index in [4.69, 9.17) is 30.6 Å². The maximum Gasteiger partial charge on any atom is 0.303 e. The normalized spacial score (nSPS) is 14.2. The summed E-state index contributed by atoms with van der Waals surface area (Å²) >= 11 is 0. The Labute approximate surface area is 353 Å². The Morgan fingerprint density at radius 3 is 0.931 bits per heavy atom. The number of aliphatic carboxylic acids is 2. The minimum absolute atomic E-state index is 0.345. The lowest BCUT2D eigenvalue weighted by Gasteiger charge is -2.34. The average Bonchev–Trinajstić information content (AvgIpc) is 3.20. The summed E-state index contributed by atoms with van der Waals surface area (Å²) in [5.41, 5.74) is -2.39. The van der Waals surface area contributed by atoms with E-state index in [-0.39, 0.29) is 0 Å². The lowest BCUT2D eigenvalue weighted by atomic mass is 9.85. The monoisotopic (exact) mass is 837 g/mol. The molecule has 0 aliphatic carbocycles. The van der Waals surface area contributed by atoms with Crippen LogP contribution in [-0.2, 0) is 14.4 Å². The largest absolute Gasteiger partial charge is 0.481 e. The number of carboxylic acid groups (broad SMARTS) is 2. The third kappa shape index (κ3) is 42.5. The number of Topliss-reactive ketones (excluding diaryl/α,β-unsaturated/α-hetero) is 1. The molecular weight excluding hydrogens is 744 g/mol. The van der Waals surface area contributed by atoms with Crippen LogP contribution in [0.2, 0.25) is 0 Å². The van der Waals surface area contributed by atoms with Crippen molar-refractivity contribution < 1.29 is 60.3 Å². The van der Waals surface area contributed by atoms with Gasteiger partial charge in [0, 0.05) is 19.3 Å². The number of hydrogen-bond acceptors (Lipinski definition) is 10.